The van der Waals surface area contributed by atoms with Crippen LogP contribution in [0.4, 0.5) is 5.69 Å². The number of imidazole rings is 1. The zero-order chi connectivity index (χ0) is 24.4. The molecule has 2 heterocycles. The molecule has 1 amide bonds. The van der Waals surface area contributed by atoms with Gasteiger partial charge in [0.05, 0.1) is 30.4 Å². The summed E-state index contributed by atoms with van der Waals surface area (Å²) >= 11 is 0. The van der Waals surface area contributed by atoms with E-state index in [1.165, 1.54) is 0 Å². The van der Waals surface area contributed by atoms with E-state index in [0.717, 1.165) is 33.9 Å². The number of hydrogen-bond acceptors (Lipinski definition) is 5. The van der Waals surface area contributed by atoms with Crippen molar-refractivity contribution in [2.75, 3.05) is 25.2 Å². The number of ether oxygens (including phenoxy) is 2. The normalized spacial score (nSPS) is 16.6. The van der Waals surface area contributed by atoms with Crippen LogP contribution < -0.4 is 14.4 Å². The van der Waals surface area contributed by atoms with Crippen molar-refractivity contribution < 1.29 is 19.4 Å². The van der Waals surface area contributed by atoms with Crippen molar-refractivity contribution in [3.8, 4) is 11.5 Å². The first-order valence-corrected chi connectivity index (χ1v) is 11.8. The van der Waals surface area contributed by atoms with E-state index >= 15 is 0 Å². The monoisotopic (exact) mass is 471 g/mol. The van der Waals surface area contributed by atoms with Gasteiger partial charge in [-0.25, -0.2) is 4.98 Å². The Morgan fingerprint density at radius 2 is 1.80 bits per heavy atom. The maximum absolute atomic E-state index is 13.0. The number of methoxy groups -OCH3 is 1. The lowest BCUT2D eigenvalue weighted by Gasteiger charge is -2.20. The van der Waals surface area contributed by atoms with Crippen LogP contribution in [0.15, 0.2) is 72.8 Å². The van der Waals surface area contributed by atoms with Crippen LogP contribution >= 0.6 is 0 Å². The number of aliphatic hydroxyl groups is 1. The third-order valence-electron chi connectivity index (χ3n) is 6.41. The van der Waals surface area contributed by atoms with Gasteiger partial charge in [-0.1, -0.05) is 42.0 Å². The number of fused-ring (bicyclic) bond motifs is 1. The zero-order valence-electron chi connectivity index (χ0n) is 19.9. The minimum Gasteiger partial charge on any atom is -0.495 e. The van der Waals surface area contributed by atoms with Crippen LogP contribution in [0.1, 0.15) is 23.7 Å². The summed E-state index contributed by atoms with van der Waals surface area (Å²) in [6, 6.07) is 23.2. The van der Waals surface area contributed by atoms with Gasteiger partial charge in [0.1, 0.15) is 30.0 Å². The third-order valence-corrected chi connectivity index (χ3v) is 6.41. The average molecular weight is 472 g/mol. The predicted molar refractivity (Wildman–Crippen MR) is 135 cm³/mol. The fraction of sp³-hybridized carbons (Fsp3) is 0.286. The Labute approximate surface area is 204 Å². The molecule has 1 fully saturated rings. The van der Waals surface area contributed by atoms with Gasteiger partial charge < -0.3 is 24.0 Å². The SMILES string of the molecule is COc1ccccc1N1C[C@H](c2nc3ccccc3n2C[C@H](O)COc2ccc(C)cc2)CC1=O. The molecular formula is C28H29N3O4. The van der Waals surface area contributed by atoms with Gasteiger partial charge in [0.25, 0.3) is 0 Å². The second-order valence-corrected chi connectivity index (χ2v) is 8.92. The molecule has 0 unspecified atom stereocenters. The number of aryl methyl sites for hydroxylation is 1. The van der Waals surface area contributed by atoms with Gasteiger partial charge in [0.2, 0.25) is 5.91 Å². The van der Waals surface area contributed by atoms with Crippen LogP contribution in [0.3, 0.4) is 0 Å². The highest BCUT2D eigenvalue weighted by molar-refractivity contribution is 5.97. The molecule has 1 N–H and O–H groups in total. The van der Waals surface area contributed by atoms with Gasteiger partial charge in [0, 0.05) is 18.9 Å². The lowest BCUT2D eigenvalue weighted by molar-refractivity contribution is -0.117. The van der Waals surface area contributed by atoms with E-state index in [1.807, 2.05) is 84.3 Å². The van der Waals surface area contributed by atoms with Crippen LogP contribution in [0.2, 0.25) is 0 Å². The van der Waals surface area contributed by atoms with E-state index in [1.54, 1.807) is 12.0 Å². The van der Waals surface area contributed by atoms with E-state index in [9.17, 15) is 9.90 Å². The van der Waals surface area contributed by atoms with Crippen molar-refractivity contribution in [2.24, 2.45) is 0 Å². The van der Waals surface area contributed by atoms with Gasteiger partial charge in [-0.2, -0.15) is 0 Å². The lowest BCUT2D eigenvalue weighted by Crippen LogP contribution is -2.26. The minimum absolute atomic E-state index is 0.0290. The molecule has 35 heavy (non-hydrogen) atoms. The lowest BCUT2D eigenvalue weighted by atomic mass is 10.1. The smallest absolute Gasteiger partial charge is 0.227 e. The molecule has 1 saturated heterocycles. The Bertz CT molecular complexity index is 1330. The van der Waals surface area contributed by atoms with Crippen LogP contribution in [0.25, 0.3) is 11.0 Å². The van der Waals surface area contributed by atoms with Crippen molar-refractivity contribution in [3.63, 3.8) is 0 Å². The molecule has 2 atom stereocenters. The number of rotatable bonds is 8. The number of aliphatic hydroxyl groups excluding tert-OH is 1. The number of carbonyl (C=O) groups excluding carboxylic acids is 1. The van der Waals surface area contributed by atoms with Crippen molar-refractivity contribution in [1.82, 2.24) is 9.55 Å². The fourth-order valence-corrected chi connectivity index (χ4v) is 4.65. The average Bonchev–Trinajstić information content (AvgIpc) is 3.44. The summed E-state index contributed by atoms with van der Waals surface area (Å²) in [4.78, 5) is 19.7. The third kappa shape index (κ3) is 4.72. The number of anilines is 1. The molecule has 0 saturated carbocycles. The van der Waals surface area contributed by atoms with E-state index in [0.29, 0.717) is 25.3 Å². The van der Waals surface area contributed by atoms with Gasteiger partial charge >= 0.3 is 0 Å². The zero-order valence-corrected chi connectivity index (χ0v) is 19.9. The van der Waals surface area contributed by atoms with Crippen LogP contribution in [0, 0.1) is 6.92 Å². The van der Waals surface area contributed by atoms with Gasteiger partial charge in [-0.3, -0.25) is 4.79 Å². The summed E-state index contributed by atoms with van der Waals surface area (Å²) in [5, 5.41) is 10.8. The Morgan fingerprint density at radius 3 is 2.60 bits per heavy atom. The summed E-state index contributed by atoms with van der Waals surface area (Å²) < 4.78 is 13.3. The number of nitrogens with zero attached hydrogens (tertiary/aromatic N) is 3. The first-order valence-electron chi connectivity index (χ1n) is 11.8. The maximum atomic E-state index is 13.0. The highest BCUT2D eigenvalue weighted by Crippen LogP contribution is 2.37. The highest BCUT2D eigenvalue weighted by atomic mass is 16.5. The summed E-state index contributed by atoms with van der Waals surface area (Å²) in [6.45, 7) is 3.00. The predicted octanol–water partition coefficient (Wildman–Crippen LogP) is 4.31. The molecule has 1 aliphatic heterocycles. The minimum atomic E-state index is -0.741. The Kier molecular flexibility index (Phi) is 6.42. The first kappa shape index (κ1) is 22.9. The topological polar surface area (TPSA) is 76.8 Å². The molecule has 4 aromatic rings. The van der Waals surface area contributed by atoms with Crippen LogP contribution in [-0.2, 0) is 11.3 Å². The van der Waals surface area contributed by atoms with E-state index in [-0.39, 0.29) is 18.4 Å². The fourth-order valence-electron chi connectivity index (χ4n) is 4.65. The second-order valence-electron chi connectivity index (χ2n) is 8.92. The summed E-state index contributed by atoms with van der Waals surface area (Å²) in [5.41, 5.74) is 3.69. The number of carbonyl (C=O) groups is 1. The standard InChI is InChI=1S/C28H29N3O4/c1-19-11-13-22(14-12-19)35-18-21(32)17-31-24-8-4-3-7-23(24)29-28(31)20-15-27(33)30(16-20)25-9-5-6-10-26(25)34-2/h3-14,20-21,32H,15-18H2,1-2H3/t20-,21+/m1/s1. The van der Waals surface area contributed by atoms with Crippen molar-refractivity contribution in [3.05, 3.63) is 84.2 Å². The number of amides is 1. The van der Waals surface area contributed by atoms with Crippen molar-refractivity contribution in [2.45, 2.75) is 31.9 Å². The number of para-hydroxylation sites is 4. The molecule has 0 aliphatic carbocycles. The molecule has 180 valence electrons. The molecule has 1 aliphatic rings. The maximum Gasteiger partial charge on any atom is 0.227 e. The molecule has 5 rings (SSSR count). The summed E-state index contributed by atoms with van der Waals surface area (Å²) in [5.74, 6) is 2.11. The summed E-state index contributed by atoms with van der Waals surface area (Å²) in [7, 11) is 1.61. The van der Waals surface area contributed by atoms with E-state index in [4.69, 9.17) is 14.5 Å². The largest absolute Gasteiger partial charge is 0.495 e. The van der Waals surface area contributed by atoms with Crippen molar-refractivity contribution >= 4 is 22.6 Å². The molecule has 1 aromatic heterocycles. The van der Waals surface area contributed by atoms with Crippen LogP contribution in [-0.4, -0.2) is 46.9 Å². The highest BCUT2D eigenvalue weighted by Gasteiger charge is 2.36. The van der Waals surface area contributed by atoms with Crippen molar-refractivity contribution in [1.29, 1.82) is 0 Å². The van der Waals surface area contributed by atoms with E-state index < -0.39 is 6.10 Å². The Balaban J connectivity index is 1.39. The molecule has 7 nitrogen and oxygen atoms in total. The molecular weight excluding hydrogens is 442 g/mol. The molecule has 7 heteroatoms. The number of benzene rings is 3. The molecule has 0 radical (unpaired) electrons. The van der Waals surface area contributed by atoms with E-state index in [2.05, 4.69) is 0 Å². The first-order chi connectivity index (χ1) is 17.0. The molecule has 3 aromatic carbocycles. The van der Waals surface area contributed by atoms with Gasteiger partial charge in [-0.05, 0) is 43.3 Å². The second kappa shape index (κ2) is 9.80. The van der Waals surface area contributed by atoms with Gasteiger partial charge in [0.15, 0.2) is 0 Å². The summed E-state index contributed by atoms with van der Waals surface area (Å²) in [6.07, 6.45) is -0.396. The van der Waals surface area contributed by atoms with Gasteiger partial charge in [-0.15, -0.1) is 0 Å². The number of aromatic nitrogens is 2. The number of hydrogen-bond donors (Lipinski definition) is 1. The Hall–Kier alpha value is -3.84. The Morgan fingerprint density at radius 1 is 1.06 bits per heavy atom. The molecule has 0 bridgehead atoms. The quantitative estimate of drug-likeness (QED) is 0.414. The molecule has 0 spiro atoms. The van der Waals surface area contributed by atoms with Crippen LogP contribution in [0.5, 0.6) is 11.5 Å².